The summed E-state index contributed by atoms with van der Waals surface area (Å²) >= 11 is 1.51. The Hall–Kier alpha value is -2.23. The van der Waals surface area contributed by atoms with E-state index >= 15 is 0 Å². The van der Waals surface area contributed by atoms with Gasteiger partial charge in [0.15, 0.2) is 0 Å². The molecule has 0 saturated carbocycles. The Balaban J connectivity index is 1.84. The lowest BCUT2D eigenvalue weighted by atomic mass is 10.3. The van der Waals surface area contributed by atoms with Crippen molar-refractivity contribution in [1.29, 1.82) is 0 Å². The topological polar surface area (TPSA) is 81.5 Å². The summed E-state index contributed by atoms with van der Waals surface area (Å²) in [4.78, 5) is 17.6. The highest BCUT2D eigenvalue weighted by molar-refractivity contribution is 7.89. The second-order valence-corrected chi connectivity index (χ2v) is 9.31. The molecular formula is C18H21N3O4S2. The van der Waals surface area contributed by atoms with Crippen LogP contribution >= 0.6 is 11.3 Å². The summed E-state index contributed by atoms with van der Waals surface area (Å²) in [6, 6.07) is 8.63. The maximum absolute atomic E-state index is 12.3. The minimum atomic E-state index is -3.53. The van der Waals surface area contributed by atoms with Crippen molar-refractivity contribution in [1.82, 2.24) is 13.9 Å². The molecule has 3 rings (SSSR count). The average Bonchev–Trinajstić information content (AvgIpc) is 3.25. The summed E-state index contributed by atoms with van der Waals surface area (Å²) in [6.45, 7) is 2.64. The SMILES string of the molecule is CCn1c(COC(=O)Cc2cccs2)nc2cc(S(=O)(=O)N(C)C)ccc21. The quantitative estimate of drug-likeness (QED) is 0.563. The lowest BCUT2D eigenvalue weighted by Gasteiger charge is -2.11. The number of hydrogen-bond donors (Lipinski definition) is 0. The third-order valence-corrected chi connectivity index (χ3v) is 6.84. The Labute approximate surface area is 162 Å². The van der Waals surface area contributed by atoms with E-state index in [1.165, 1.54) is 25.4 Å². The Morgan fingerprint density at radius 2 is 2.07 bits per heavy atom. The molecule has 0 amide bonds. The normalized spacial score (nSPS) is 12.0. The molecule has 3 aromatic rings. The Morgan fingerprint density at radius 1 is 1.30 bits per heavy atom. The van der Waals surface area contributed by atoms with Crippen LogP contribution in [-0.4, -0.2) is 42.3 Å². The first kappa shape index (κ1) is 19.5. The van der Waals surface area contributed by atoms with Crippen LogP contribution in [0.5, 0.6) is 0 Å². The van der Waals surface area contributed by atoms with Gasteiger partial charge in [0.25, 0.3) is 0 Å². The molecule has 9 heteroatoms. The van der Waals surface area contributed by atoms with Crippen molar-refractivity contribution in [3.8, 4) is 0 Å². The number of carbonyl (C=O) groups is 1. The van der Waals surface area contributed by atoms with Gasteiger partial charge in [0.2, 0.25) is 10.0 Å². The predicted octanol–water partition coefficient (Wildman–Crippen LogP) is 2.65. The molecule has 27 heavy (non-hydrogen) atoms. The molecule has 0 aliphatic rings. The Kier molecular flexibility index (Phi) is 5.64. The van der Waals surface area contributed by atoms with Crippen LogP contribution in [-0.2, 0) is 39.1 Å². The van der Waals surface area contributed by atoms with Crippen molar-refractivity contribution >= 4 is 38.4 Å². The highest BCUT2D eigenvalue weighted by atomic mass is 32.2. The average molecular weight is 408 g/mol. The summed E-state index contributed by atoms with van der Waals surface area (Å²) in [5, 5.41) is 1.92. The van der Waals surface area contributed by atoms with Crippen molar-refractivity contribution in [3.05, 3.63) is 46.4 Å². The number of ether oxygens (including phenoxy) is 1. The molecule has 0 aliphatic carbocycles. The zero-order valence-corrected chi connectivity index (χ0v) is 17.0. The van der Waals surface area contributed by atoms with E-state index in [2.05, 4.69) is 4.98 Å². The largest absolute Gasteiger partial charge is 0.457 e. The van der Waals surface area contributed by atoms with Crippen molar-refractivity contribution in [2.75, 3.05) is 14.1 Å². The fourth-order valence-corrected chi connectivity index (χ4v) is 4.36. The van der Waals surface area contributed by atoms with Gasteiger partial charge in [0.1, 0.15) is 12.4 Å². The first-order chi connectivity index (χ1) is 12.8. The molecule has 0 bridgehead atoms. The zero-order chi connectivity index (χ0) is 19.6. The standard InChI is InChI=1S/C18H21N3O4S2/c1-4-21-16-8-7-14(27(23,24)20(2)3)11-15(16)19-17(21)12-25-18(22)10-13-6-5-9-26-13/h5-9,11H,4,10,12H2,1-3H3. The zero-order valence-electron chi connectivity index (χ0n) is 15.4. The molecule has 0 N–H and O–H groups in total. The van der Waals surface area contributed by atoms with E-state index in [4.69, 9.17) is 4.74 Å². The van der Waals surface area contributed by atoms with Crippen molar-refractivity contribution in [2.45, 2.75) is 31.4 Å². The smallest absolute Gasteiger partial charge is 0.311 e. The van der Waals surface area contributed by atoms with E-state index < -0.39 is 10.0 Å². The number of benzene rings is 1. The minimum Gasteiger partial charge on any atom is -0.457 e. The van der Waals surface area contributed by atoms with Crippen molar-refractivity contribution in [2.24, 2.45) is 0 Å². The number of fused-ring (bicyclic) bond motifs is 1. The fourth-order valence-electron chi connectivity index (χ4n) is 2.75. The number of hydrogen-bond acceptors (Lipinski definition) is 6. The van der Waals surface area contributed by atoms with Crippen LogP contribution in [0.3, 0.4) is 0 Å². The molecule has 0 radical (unpaired) electrons. The number of thiophene rings is 1. The number of esters is 1. The van der Waals surface area contributed by atoms with E-state index in [9.17, 15) is 13.2 Å². The van der Waals surface area contributed by atoms with Crippen molar-refractivity contribution < 1.29 is 17.9 Å². The van der Waals surface area contributed by atoms with E-state index in [0.29, 0.717) is 17.9 Å². The monoisotopic (exact) mass is 407 g/mol. The van der Waals surface area contributed by atoms with E-state index in [1.54, 1.807) is 18.2 Å². The van der Waals surface area contributed by atoms with Crippen LogP contribution < -0.4 is 0 Å². The molecule has 0 fully saturated rings. The molecule has 144 valence electrons. The van der Waals surface area contributed by atoms with E-state index in [1.807, 2.05) is 29.0 Å². The molecule has 2 heterocycles. The Morgan fingerprint density at radius 3 is 2.70 bits per heavy atom. The highest BCUT2D eigenvalue weighted by Gasteiger charge is 2.20. The van der Waals surface area contributed by atoms with Gasteiger partial charge in [0.05, 0.1) is 22.3 Å². The molecule has 2 aromatic heterocycles. The maximum Gasteiger partial charge on any atom is 0.311 e. The summed E-state index contributed by atoms with van der Waals surface area (Å²) in [5.41, 5.74) is 1.36. The third kappa shape index (κ3) is 4.05. The molecule has 7 nitrogen and oxygen atoms in total. The van der Waals surface area contributed by atoms with E-state index in [-0.39, 0.29) is 23.9 Å². The number of aryl methyl sites for hydroxylation is 1. The second kappa shape index (κ2) is 7.79. The highest BCUT2D eigenvalue weighted by Crippen LogP contribution is 2.22. The molecule has 1 aromatic carbocycles. The lowest BCUT2D eigenvalue weighted by Crippen LogP contribution is -2.22. The van der Waals surface area contributed by atoms with Gasteiger partial charge in [-0.2, -0.15) is 0 Å². The number of imidazole rings is 1. The fraction of sp³-hybridized carbons (Fsp3) is 0.333. The van der Waals surface area contributed by atoms with Gasteiger partial charge in [-0.15, -0.1) is 11.3 Å². The predicted molar refractivity (Wildman–Crippen MR) is 104 cm³/mol. The van der Waals surface area contributed by atoms with Gasteiger partial charge in [0, 0.05) is 25.5 Å². The minimum absolute atomic E-state index is 0.0441. The second-order valence-electron chi connectivity index (χ2n) is 6.13. The number of nitrogens with zero attached hydrogens (tertiary/aromatic N) is 3. The molecule has 0 unspecified atom stereocenters. The van der Waals surface area contributed by atoms with Crippen LogP contribution in [0.1, 0.15) is 17.6 Å². The molecule has 0 spiro atoms. The van der Waals surface area contributed by atoms with Crippen molar-refractivity contribution in [3.63, 3.8) is 0 Å². The van der Waals surface area contributed by atoms with Crippen LogP contribution in [0.4, 0.5) is 0 Å². The van der Waals surface area contributed by atoms with Crippen LogP contribution in [0.15, 0.2) is 40.6 Å². The Bertz CT molecular complexity index is 1050. The molecule has 0 aliphatic heterocycles. The van der Waals surface area contributed by atoms with Gasteiger partial charge in [-0.3, -0.25) is 4.79 Å². The number of sulfonamides is 1. The summed E-state index contributed by atoms with van der Waals surface area (Å²) in [6.07, 6.45) is 0.231. The van der Waals surface area contributed by atoms with Crippen LogP contribution in [0, 0.1) is 0 Å². The first-order valence-electron chi connectivity index (χ1n) is 8.42. The summed E-state index contributed by atoms with van der Waals surface area (Å²) < 4.78 is 33.1. The molecule has 0 atom stereocenters. The van der Waals surface area contributed by atoms with Crippen LogP contribution in [0.25, 0.3) is 11.0 Å². The van der Waals surface area contributed by atoms with E-state index in [0.717, 1.165) is 14.7 Å². The number of aromatic nitrogens is 2. The van der Waals surface area contributed by atoms with Gasteiger partial charge >= 0.3 is 5.97 Å². The van der Waals surface area contributed by atoms with Crippen LogP contribution in [0.2, 0.25) is 0 Å². The maximum atomic E-state index is 12.3. The first-order valence-corrected chi connectivity index (χ1v) is 10.7. The number of rotatable bonds is 7. The third-order valence-electron chi connectivity index (χ3n) is 4.15. The molecular weight excluding hydrogens is 386 g/mol. The van der Waals surface area contributed by atoms with Gasteiger partial charge < -0.3 is 9.30 Å². The molecule has 0 saturated heterocycles. The lowest BCUT2D eigenvalue weighted by molar-refractivity contribution is -0.144. The summed E-state index contributed by atoms with van der Waals surface area (Å²) in [7, 11) is -0.556. The van der Waals surface area contributed by atoms with Gasteiger partial charge in [-0.05, 0) is 36.6 Å². The number of carbonyl (C=O) groups excluding carboxylic acids is 1. The van der Waals surface area contributed by atoms with Gasteiger partial charge in [-0.25, -0.2) is 17.7 Å². The van der Waals surface area contributed by atoms with Gasteiger partial charge in [-0.1, -0.05) is 6.07 Å². The summed E-state index contributed by atoms with van der Waals surface area (Å²) in [5.74, 6) is 0.273.